The summed E-state index contributed by atoms with van der Waals surface area (Å²) in [6, 6.07) is 1.29. The van der Waals surface area contributed by atoms with Crippen LogP contribution in [0.5, 0.6) is 0 Å². The number of carbonyl (C=O) groups is 1. The lowest BCUT2D eigenvalue weighted by molar-refractivity contribution is -0.138. The monoisotopic (exact) mass is 214 g/mol. The van der Waals surface area contributed by atoms with E-state index in [0.717, 1.165) is 6.42 Å². The Balaban J connectivity index is 3.61. The van der Waals surface area contributed by atoms with E-state index in [0.29, 0.717) is 12.5 Å². The Bertz CT molecular complexity index is 194. The molecule has 0 spiro atoms. The fourth-order valence-electron chi connectivity index (χ4n) is 1.05. The zero-order chi connectivity index (χ0) is 11.2. The van der Waals surface area contributed by atoms with Crippen molar-refractivity contribution in [3.8, 4) is 0 Å². The van der Waals surface area contributed by atoms with Crippen LogP contribution >= 0.6 is 0 Å². The van der Waals surface area contributed by atoms with Crippen LogP contribution in [0.4, 0.5) is 0 Å². The number of carbonyl (C=O) groups excluding carboxylic acids is 1. The molecule has 3 heteroatoms. The molecule has 0 fully saturated rings. The van der Waals surface area contributed by atoms with Crippen molar-refractivity contribution >= 4 is 14.0 Å². The number of rotatable bonds is 6. The molecule has 1 atom stereocenters. The van der Waals surface area contributed by atoms with Crippen LogP contribution in [0.1, 0.15) is 13.3 Å². The highest BCUT2D eigenvalue weighted by molar-refractivity contribution is 6.76. The Morgan fingerprint density at radius 3 is 2.50 bits per heavy atom. The van der Waals surface area contributed by atoms with Gasteiger partial charge in [0.15, 0.2) is 0 Å². The van der Waals surface area contributed by atoms with Crippen molar-refractivity contribution in [1.29, 1.82) is 0 Å². The molecule has 0 amide bonds. The molecular weight excluding hydrogens is 192 g/mol. The Kier molecular flexibility index (Phi) is 5.77. The SMILES string of the molecule is C=CC(=O)OCC(C)CC[Si](C)(C)C. The summed E-state index contributed by atoms with van der Waals surface area (Å²) >= 11 is 0. The van der Waals surface area contributed by atoms with Gasteiger partial charge in [-0.15, -0.1) is 0 Å². The standard InChI is InChI=1S/C11H22O2Si/c1-6-11(12)13-9-10(2)7-8-14(3,4)5/h6,10H,1,7-9H2,2-5H3. The van der Waals surface area contributed by atoms with Crippen molar-refractivity contribution in [3.63, 3.8) is 0 Å². The first-order valence-electron chi connectivity index (χ1n) is 5.14. The third-order valence-corrected chi connectivity index (χ3v) is 3.85. The quantitative estimate of drug-likeness (QED) is 0.386. The Labute approximate surface area is 88.4 Å². The average Bonchev–Trinajstić information content (AvgIpc) is 2.09. The summed E-state index contributed by atoms with van der Waals surface area (Å²) in [5, 5.41) is 0. The van der Waals surface area contributed by atoms with Gasteiger partial charge in [-0.25, -0.2) is 4.79 Å². The second kappa shape index (κ2) is 6.01. The first kappa shape index (κ1) is 13.4. The topological polar surface area (TPSA) is 26.3 Å². The Hall–Kier alpha value is -0.573. The van der Waals surface area contributed by atoms with Gasteiger partial charge in [-0.3, -0.25) is 0 Å². The zero-order valence-corrected chi connectivity index (χ0v) is 10.8. The van der Waals surface area contributed by atoms with Crippen molar-refractivity contribution in [1.82, 2.24) is 0 Å². The van der Waals surface area contributed by atoms with Crippen molar-refractivity contribution < 1.29 is 9.53 Å². The summed E-state index contributed by atoms with van der Waals surface area (Å²) in [6.45, 7) is 13.1. The van der Waals surface area contributed by atoms with E-state index < -0.39 is 8.07 Å². The molecule has 0 bridgehead atoms. The maximum absolute atomic E-state index is 10.8. The predicted molar refractivity (Wildman–Crippen MR) is 63.1 cm³/mol. The van der Waals surface area contributed by atoms with Gasteiger partial charge < -0.3 is 4.74 Å². The smallest absolute Gasteiger partial charge is 0.330 e. The van der Waals surface area contributed by atoms with Crippen LogP contribution in [0.15, 0.2) is 12.7 Å². The molecule has 0 N–H and O–H groups in total. The molecule has 14 heavy (non-hydrogen) atoms. The predicted octanol–water partition coefficient (Wildman–Crippen LogP) is 3.08. The van der Waals surface area contributed by atoms with Crippen LogP contribution in [0.3, 0.4) is 0 Å². The Morgan fingerprint density at radius 1 is 1.50 bits per heavy atom. The molecule has 0 aliphatic rings. The zero-order valence-electron chi connectivity index (χ0n) is 9.80. The molecule has 0 aromatic rings. The maximum atomic E-state index is 10.8. The third-order valence-electron chi connectivity index (χ3n) is 2.06. The molecule has 0 saturated carbocycles. The van der Waals surface area contributed by atoms with Crippen LogP contribution < -0.4 is 0 Å². The molecule has 0 aromatic carbocycles. The van der Waals surface area contributed by atoms with Gasteiger partial charge in [-0.1, -0.05) is 39.2 Å². The molecule has 2 nitrogen and oxygen atoms in total. The molecule has 82 valence electrons. The van der Waals surface area contributed by atoms with E-state index in [1.165, 1.54) is 12.1 Å². The number of hydrogen-bond acceptors (Lipinski definition) is 2. The fraction of sp³-hybridized carbons (Fsp3) is 0.727. The molecule has 0 aromatic heterocycles. The van der Waals surface area contributed by atoms with Gasteiger partial charge in [0.25, 0.3) is 0 Å². The van der Waals surface area contributed by atoms with Crippen molar-refractivity contribution in [2.75, 3.05) is 6.61 Å². The van der Waals surface area contributed by atoms with Crippen LogP contribution in [0.2, 0.25) is 25.7 Å². The molecule has 0 heterocycles. The summed E-state index contributed by atoms with van der Waals surface area (Å²) in [5.41, 5.74) is 0. The fourth-order valence-corrected chi connectivity index (χ4v) is 2.40. The van der Waals surface area contributed by atoms with E-state index in [1.54, 1.807) is 0 Å². The highest BCUT2D eigenvalue weighted by atomic mass is 28.3. The first-order chi connectivity index (χ1) is 6.35. The van der Waals surface area contributed by atoms with E-state index >= 15 is 0 Å². The van der Waals surface area contributed by atoms with Gasteiger partial charge in [-0.2, -0.15) is 0 Å². The minimum Gasteiger partial charge on any atom is -0.462 e. The highest BCUT2D eigenvalue weighted by Crippen LogP contribution is 2.16. The van der Waals surface area contributed by atoms with Crippen LogP contribution in [0.25, 0.3) is 0 Å². The van der Waals surface area contributed by atoms with Gasteiger partial charge in [0.1, 0.15) is 0 Å². The van der Waals surface area contributed by atoms with Gasteiger partial charge in [-0.05, 0) is 12.3 Å². The van der Waals surface area contributed by atoms with E-state index in [2.05, 4.69) is 33.1 Å². The van der Waals surface area contributed by atoms with Crippen molar-refractivity contribution in [2.24, 2.45) is 5.92 Å². The summed E-state index contributed by atoms with van der Waals surface area (Å²) in [4.78, 5) is 10.8. The average molecular weight is 214 g/mol. The normalized spacial score (nSPS) is 13.4. The largest absolute Gasteiger partial charge is 0.462 e. The van der Waals surface area contributed by atoms with Crippen molar-refractivity contribution in [3.05, 3.63) is 12.7 Å². The maximum Gasteiger partial charge on any atom is 0.330 e. The van der Waals surface area contributed by atoms with Gasteiger partial charge in [0.2, 0.25) is 0 Å². The number of ether oxygens (including phenoxy) is 1. The van der Waals surface area contributed by atoms with E-state index in [-0.39, 0.29) is 5.97 Å². The van der Waals surface area contributed by atoms with E-state index in [4.69, 9.17) is 4.74 Å². The molecule has 0 rings (SSSR count). The second-order valence-corrected chi connectivity index (χ2v) is 10.7. The summed E-state index contributed by atoms with van der Waals surface area (Å²) < 4.78 is 4.98. The molecule has 0 aliphatic carbocycles. The van der Waals surface area contributed by atoms with E-state index in [1.807, 2.05) is 0 Å². The molecule has 0 saturated heterocycles. The van der Waals surface area contributed by atoms with Gasteiger partial charge in [0, 0.05) is 14.1 Å². The van der Waals surface area contributed by atoms with Crippen molar-refractivity contribution in [2.45, 2.75) is 39.0 Å². The first-order valence-corrected chi connectivity index (χ1v) is 8.85. The van der Waals surface area contributed by atoms with Crippen LogP contribution in [-0.4, -0.2) is 20.7 Å². The molecule has 1 unspecified atom stereocenters. The number of hydrogen-bond donors (Lipinski definition) is 0. The van der Waals surface area contributed by atoms with Crippen LogP contribution in [-0.2, 0) is 9.53 Å². The lowest BCUT2D eigenvalue weighted by Crippen LogP contribution is -2.21. The summed E-state index contributed by atoms with van der Waals surface area (Å²) in [7, 11) is -0.945. The Morgan fingerprint density at radius 2 is 2.07 bits per heavy atom. The minimum absolute atomic E-state index is 0.315. The third kappa shape index (κ3) is 8.04. The lowest BCUT2D eigenvalue weighted by Gasteiger charge is -2.18. The van der Waals surface area contributed by atoms with Crippen LogP contribution in [0, 0.1) is 5.92 Å². The lowest BCUT2D eigenvalue weighted by atomic mass is 10.1. The minimum atomic E-state index is -0.945. The second-order valence-electron chi connectivity index (χ2n) is 5.04. The molecule has 0 radical (unpaired) electrons. The van der Waals surface area contributed by atoms with Gasteiger partial charge in [0.05, 0.1) is 6.61 Å². The number of esters is 1. The molecule has 0 aliphatic heterocycles. The van der Waals surface area contributed by atoms with Gasteiger partial charge >= 0.3 is 5.97 Å². The van der Waals surface area contributed by atoms with E-state index in [9.17, 15) is 4.79 Å². The molecular formula is C11H22O2Si. The summed E-state index contributed by atoms with van der Waals surface area (Å²) in [6.07, 6.45) is 2.37. The summed E-state index contributed by atoms with van der Waals surface area (Å²) in [5.74, 6) is 0.149. The highest BCUT2D eigenvalue weighted by Gasteiger charge is 2.15.